The zero-order chi connectivity index (χ0) is 12.7. The smallest absolute Gasteiger partial charge is 0.302 e. The molecule has 17 heavy (non-hydrogen) atoms. The van der Waals surface area contributed by atoms with Gasteiger partial charge in [-0.15, -0.1) is 0 Å². The van der Waals surface area contributed by atoms with Crippen molar-refractivity contribution in [3.05, 3.63) is 40.9 Å². The normalized spacial score (nSPS) is 15.5. The second-order valence-corrected chi connectivity index (χ2v) is 4.39. The lowest BCUT2D eigenvalue weighted by Crippen LogP contribution is -2.23. The first-order valence-electron chi connectivity index (χ1n) is 5.22. The van der Waals surface area contributed by atoms with Gasteiger partial charge >= 0.3 is 11.6 Å². The largest absolute Gasteiger partial charge is 0.335 e. The number of halogens is 1. The Morgan fingerprint density at radius 2 is 1.82 bits per heavy atom. The van der Waals surface area contributed by atoms with Crippen molar-refractivity contribution >= 4 is 28.7 Å². The summed E-state index contributed by atoms with van der Waals surface area (Å²) in [7, 11) is 2.15. The van der Waals surface area contributed by atoms with Gasteiger partial charge in [-0.2, -0.15) is 8.42 Å². The first-order valence-corrected chi connectivity index (χ1v) is 6.27. The van der Waals surface area contributed by atoms with E-state index in [9.17, 15) is 0 Å². The zero-order valence-corrected chi connectivity index (χ0v) is 11.1. The van der Waals surface area contributed by atoms with Gasteiger partial charge in [0.05, 0.1) is 0 Å². The Kier molecular flexibility index (Phi) is 6.11. The molecule has 0 radical (unpaired) electrons. The van der Waals surface area contributed by atoms with Crippen LogP contribution in [-0.4, -0.2) is 33.5 Å². The third kappa shape index (κ3) is 4.81. The monoisotopic (exact) mass is 271 g/mol. The van der Waals surface area contributed by atoms with Crippen LogP contribution in [-0.2, 0) is 11.6 Å². The first kappa shape index (κ1) is 14.1. The molecule has 1 aliphatic rings. The molecule has 1 aromatic carbocycles. The molecule has 92 valence electrons. The van der Waals surface area contributed by atoms with Crippen molar-refractivity contribution in [1.82, 2.24) is 4.90 Å². The third-order valence-electron chi connectivity index (χ3n) is 2.63. The Labute approximate surface area is 110 Å². The molecule has 0 saturated carbocycles. The molecule has 0 bridgehead atoms. The van der Waals surface area contributed by atoms with E-state index in [1.165, 1.54) is 11.1 Å². The molecule has 0 atom stereocenters. The van der Waals surface area contributed by atoms with Crippen molar-refractivity contribution in [3.63, 3.8) is 0 Å². The van der Waals surface area contributed by atoms with Crippen molar-refractivity contribution in [2.75, 3.05) is 20.1 Å². The summed E-state index contributed by atoms with van der Waals surface area (Å²) < 4.78 is 16.6. The fourth-order valence-electron chi connectivity index (χ4n) is 1.70. The van der Waals surface area contributed by atoms with Gasteiger partial charge < -0.3 is 4.90 Å². The lowest BCUT2D eigenvalue weighted by Gasteiger charge is -2.22. The van der Waals surface area contributed by atoms with Gasteiger partial charge in [-0.05, 0) is 36.7 Å². The predicted molar refractivity (Wildman–Crippen MR) is 70.5 cm³/mol. The maximum absolute atomic E-state index is 8.29. The third-order valence-corrected chi connectivity index (χ3v) is 2.88. The number of likely N-dealkylation sites (N-methyl/N-ethyl adjacent to an activating group) is 1. The van der Waals surface area contributed by atoms with E-state index in [1.54, 1.807) is 0 Å². The molecule has 0 fully saturated rings. The molecule has 5 heteroatoms. The molecule has 0 amide bonds. The van der Waals surface area contributed by atoms with Crippen LogP contribution in [0.15, 0.2) is 30.3 Å². The van der Waals surface area contributed by atoms with Crippen molar-refractivity contribution < 1.29 is 8.42 Å². The molecular formula is C12H14ClNO2S. The van der Waals surface area contributed by atoms with Crippen LogP contribution in [0.1, 0.15) is 12.0 Å². The summed E-state index contributed by atoms with van der Waals surface area (Å²) in [5, 5.41) is 0.808. The highest BCUT2D eigenvalue weighted by Crippen LogP contribution is 2.22. The second kappa shape index (κ2) is 7.37. The molecule has 1 heterocycles. The summed E-state index contributed by atoms with van der Waals surface area (Å²) in [4.78, 5) is 2.32. The summed E-state index contributed by atoms with van der Waals surface area (Å²) in [5.41, 5.74) is 2.75. The molecule has 0 aliphatic carbocycles. The Bertz CT molecular complexity index is 425. The van der Waals surface area contributed by atoms with Crippen molar-refractivity contribution in [3.8, 4) is 0 Å². The highest BCUT2D eigenvalue weighted by molar-refractivity contribution is 7.51. The van der Waals surface area contributed by atoms with Crippen LogP contribution in [0.25, 0.3) is 5.57 Å². The Morgan fingerprint density at radius 3 is 2.29 bits per heavy atom. The SMILES string of the molecule is CN1CC=C(c2ccc(Cl)cc2)CC1.O=S=O. The van der Waals surface area contributed by atoms with Crippen molar-refractivity contribution in [2.24, 2.45) is 0 Å². The predicted octanol–water partition coefficient (Wildman–Crippen LogP) is 2.39. The molecule has 1 aliphatic heterocycles. The number of hydrogen-bond donors (Lipinski definition) is 0. The number of nitrogens with zero attached hydrogens (tertiary/aromatic N) is 1. The summed E-state index contributed by atoms with van der Waals surface area (Å²) in [6.45, 7) is 2.20. The minimum Gasteiger partial charge on any atom is -0.302 e. The van der Waals surface area contributed by atoms with E-state index in [0.717, 1.165) is 24.5 Å². The van der Waals surface area contributed by atoms with E-state index in [0.29, 0.717) is 0 Å². The van der Waals surface area contributed by atoms with E-state index in [4.69, 9.17) is 20.0 Å². The standard InChI is InChI=1S/C12H14ClN.O2S/c1-14-8-6-11(7-9-14)10-2-4-12(13)5-3-10;1-3-2/h2-6H,7-9H2,1H3;. The average Bonchev–Trinajstić information content (AvgIpc) is 2.32. The molecule has 2 rings (SSSR count). The van der Waals surface area contributed by atoms with Crippen molar-refractivity contribution in [2.45, 2.75) is 6.42 Å². The van der Waals surface area contributed by atoms with E-state index in [2.05, 4.69) is 30.2 Å². The molecule has 0 aromatic heterocycles. The molecule has 0 unspecified atom stereocenters. The molecule has 3 nitrogen and oxygen atoms in total. The lowest BCUT2D eigenvalue weighted by molar-refractivity contribution is 0.370. The van der Waals surface area contributed by atoms with Crippen LogP contribution in [0.2, 0.25) is 5.02 Å². The quantitative estimate of drug-likeness (QED) is 0.787. The van der Waals surface area contributed by atoms with Crippen LogP contribution < -0.4 is 0 Å². The minimum absolute atomic E-state index is 0.750. The molecular weight excluding hydrogens is 258 g/mol. The fourth-order valence-corrected chi connectivity index (χ4v) is 1.82. The topological polar surface area (TPSA) is 37.4 Å². The second-order valence-electron chi connectivity index (χ2n) is 3.82. The van der Waals surface area contributed by atoms with Crippen LogP contribution in [0.5, 0.6) is 0 Å². The van der Waals surface area contributed by atoms with Gasteiger partial charge in [-0.25, -0.2) is 0 Å². The van der Waals surface area contributed by atoms with E-state index in [-0.39, 0.29) is 0 Å². The number of hydrogen-bond acceptors (Lipinski definition) is 3. The molecule has 0 N–H and O–H groups in total. The van der Waals surface area contributed by atoms with Gasteiger partial charge in [0.1, 0.15) is 0 Å². The zero-order valence-electron chi connectivity index (χ0n) is 9.56. The summed E-state index contributed by atoms with van der Waals surface area (Å²) >= 11 is 5.10. The van der Waals surface area contributed by atoms with Gasteiger partial charge in [-0.3, -0.25) is 0 Å². The lowest BCUT2D eigenvalue weighted by atomic mass is 10.00. The number of rotatable bonds is 1. The van der Waals surface area contributed by atoms with Gasteiger partial charge in [0.2, 0.25) is 0 Å². The molecule has 1 aromatic rings. The van der Waals surface area contributed by atoms with Gasteiger partial charge in [0, 0.05) is 18.1 Å². The van der Waals surface area contributed by atoms with E-state index in [1.807, 2.05) is 12.1 Å². The highest BCUT2D eigenvalue weighted by atomic mass is 35.5. The van der Waals surface area contributed by atoms with Gasteiger partial charge in [0.15, 0.2) is 0 Å². The van der Waals surface area contributed by atoms with Crippen molar-refractivity contribution in [1.29, 1.82) is 0 Å². The summed E-state index contributed by atoms with van der Waals surface area (Å²) in [6, 6.07) is 8.10. The van der Waals surface area contributed by atoms with E-state index < -0.39 is 11.6 Å². The molecule has 0 spiro atoms. The van der Waals surface area contributed by atoms with Gasteiger partial charge in [0.25, 0.3) is 0 Å². The van der Waals surface area contributed by atoms with Gasteiger partial charge in [-0.1, -0.05) is 29.8 Å². The fraction of sp³-hybridized carbons (Fsp3) is 0.333. The Hall–Kier alpha value is -0.970. The highest BCUT2D eigenvalue weighted by Gasteiger charge is 2.08. The Morgan fingerprint density at radius 1 is 1.24 bits per heavy atom. The minimum atomic E-state index is -0.750. The van der Waals surface area contributed by atoms with E-state index >= 15 is 0 Å². The number of benzene rings is 1. The van der Waals surface area contributed by atoms with Crippen LogP contribution >= 0.6 is 11.6 Å². The van der Waals surface area contributed by atoms with Crippen LogP contribution in [0.4, 0.5) is 0 Å². The van der Waals surface area contributed by atoms with Crippen LogP contribution in [0.3, 0.4) is 0 Å². The van der Waals surface area contributed by atoms with Crippen LogP contribution in [0, 0.1) is 0 Å². The summed E-state index contributed by atoms with van der Waals surface area (Å²) in [5.74, 6) is 0. The Balaban J connectivity index is 0.000000437. The maximum Gasteiger partial charge on any atom is 0.335 e. The average molecular weight is 272 g/mol. The first-order chi connectivity index (χ1) is 8.17. The maximum atomic E-state index is 8.29. The molecule has 0 saturated heterocycles. The summed E-state index contributed by atoms with van der Waals surface area (Å²) in [6.07, 6.45) is 3.44.